The first kappa shape index (κ1) is 24.2. The summed E-state index contributed by atoms with van der Waals surface area (Å²) in [6.07, 6.45) is 0.468. The van der Waals surface area contributed by atoms with Gasteiger partial charge >= 0.3 is 0 Å². The molecule has 0 fully saturated rings. The Morgan fingerprint density at radius 2 is 1.37 bits per heavy atom. The van der Waals surface area contributed by atoms with Crippen LogP contribution in [0.5, 0.6) is 0 Å². The van der Waals surface area contributed by atoms with E-state index in [9.17, 15) is 9.59 Å². The van der Waals surface area contributed by atoms with E-state index >= 15 is 0 Å². The molecule has 0 unspecified atom stereocenters. The van der Waals surface area contributed by atoms with E-state index in [1.165, 1.54) is 11.8 Å². The van der Waals surface area contributed by atoms with Crippen molar-refractivity contribution in [1.29, 1.82) is 0 Å². The number of nitrogens with one attached hydrogen (secondary N) is 2. The van der Waals surface area contributed by atoms with Gasteiger partial charge in [-0.1, -0.05) is 74.1 Å². The first-order valence-corrected chi connectivity index (χ1v) is 12.4. The lowest BCUT2D eigenvalue weighted by atomic mass is 10.1. The van der Waals surface area contributed by atoms with Crippen molar-refractivity contribution in [3.63, 3.8) is 0 Å². The Hall–Kier alpha value is -3.91. The summed E-state index contributed by atoms with van der Waals surface area (Å²) in [7, 11) is 0. The van der Waals surface area contributed by atoms with Gasteiger partial charge in [-0.25, -0.2) is 0 Å². The Labute approximate surface area is 209 Å². The molecule has 4 aromatic rings. The molecule has 2 amide bonds. The second-order valence-corrected chi connectivity index (χ2v) is 9.35. The van der Waals surface area contributed by atoms with Gasteiger partial charge in [0.05, 0.1) is 5.75 Å². The van der Waals surface area contributed by atoms with Crippen LogP contribution < -0.4 is 10.6 Å². The average Bonchev–Trinajstić information content (AvgIpc) is 3.28. The van der Waals surface area contributed by atoms with Crippen molar-refractivity contribution in [2.75, 3.05) is 16.4 Å². The molecule has 1 heterocycles. The molecule has 3 aromatic carbocycles. The van der Waals surface area contributed by atoms with Crippen LogP contribution in [0.1, 0.15) is 20.3 Å². The third kappa shape index (κ3) is 6.58. The molecule has 35 heavy (non-hydrogen) atoms. The highest BCUT2D eigenvalue weighted by atomic mass is 32.2. The molecule has 0 radical (unpaired) electrons. The number of benzene rings is 3. The van der Waals surface area contributed by atoms with Crippen LogP contribution in [0.25, 0.3) is 17.1 Å². The predicted octanol–water partition coefficient (Wildman–Crippen LogP) is 5.65. The fourth-order valence-corrected chi connectivity index (χ4v) is 4.25. The molecule has 0 saturated heterocycles. The fraction of sp³-hybridized carbons (Fsp3) is 0.185. The van der Waals surface area contributed by atoms with E-state index in [1.54, 1.807) is 24.3 Å². The van der Waals surface area contributed by atoms with Gasteiger partial charge in [0, 0.05) is 29.0 Å². The maximum atomic E-state index is 12.6. The van der Waals surface area contributed by atoms with Crippen molar-refractivity contribution in [3.8, 4) is 17.1 Å². The van der Waals surface area contributed by atoms with Gasteiger partial charge in [-0.15, -0.1) is 10.2 Å². The number of carbonyl (C=O) groups excluding carboxylic acids is 2. The number of para-hydroxylation sites is 1. The molecule has 0 saturated carbocycles. The molecular formula is C27H27N5O2S. The molecular weight excluding hydrogens is 458 g/mol. The molecule has 2 N–H and O–H groups in total. The summed E-state index contributed by atoms with van der Waals surface area (Å²) in [6, 6.07) is 26.8. The topological polar surface area (TPSA) is 88.9 Å². The van der Waals surface area contributed by atoms with Gasteiger partial charge in [0.2, 0.25) is 11.8 Å². The first-order valence-electron chi connectivity index (χ1n) is 11.4. The van der Waals surface area contributed by atoms with Crippen molar-refractivity contribution in [3.05, 3.63) is 84.9 Å². The number of nitrogens with zero attached hydrogens (tertiary/aromatic N) is 3. The Kier molecular flexibility index (Phi) is 7.95. The van der Waals surface area contributed by atoms with Gasteiger partial charge in [0.1, 0.15) is 0 Å². The Balaban J connectivity index is 1.42. The number of aromatic nitrogens is 3. The SMILES string of the molecule is CC(C)CC(=O)Nc1ccc(NC(=O)CSc2nnc(-c3ccccc3)n2-c2ccccc2)cc1. The zero-order valence-electron chi connectivity index (χ0n) is 19.6. The van der Waals surface area contributed by atoms with Gasteiger partial charge in [-0.2, -0.15) is 0 Å². The number of amides is 2. The zero-order valence-corrected chi connectivity index (χ0v) is 20.5. The molecule has 4 rings (SSSR count). The van der Waals surface area contributed by atoms with Crippen LogP contribution in [0.15, 0.2) is 90.1 Å². The average molecular weight is 486 g/mol. The number of anilines is 2. The maximum Gasteiger partial charge on any atom is 0.234 e. The molecule has 0 spiro atoms. The number of carbonyl (C=O) groups is 2. The van der Waals surface area contributed by atoms with Crippen molar-refractivity contribution in [2.24, 2.45) is 5.92 Å². The van der Waals surface area contributed by atoms with Gasteiger partial charge in [0.15, 0.2) is 11.0 Å². The van der Waals surface area contributed by atoms with E-state index in [2.05, 4.69) is 20.8 Å². The molecule has 8 heteroatoms. The normalized spacial score (nSPS) is 10.8. The van der Waals surface area contributed by atoms with E-state index in [-0.39, 0.29) is 17.6 Å². The van der Waals surface area contributed by atoms with Crippen LogP contribution in [0.2, 0.25) is 0 Å². The Bertz CT molecular complexity index is 1270. The minimum Gasteiger partial charge on any atom is -0.326 e. The van der Waals surface area contributed by atoms with Crippen LogP contribution in [0, 0.1) is 5.92 Å². The predicted molar refractivity (Wildman–Crippen MR) is 141 cm³/mol. The molecule has 0 bridgehead atoms. The Morgan fingerprint density at radius 1 is 0.800 bits per heavy atom. The zero-order chi connectivity index (χ0) is 24.6. The fourth-order valence-electron chi connectivity index (χ4n) is 3.49. The van der Waals surface area contributed by atoms with Crippen molar-refractivity contribution < 1.29 is 9.59 Å². The molecule has 0 aliphatic heterocycles. The number of hydrogen-bond acceptors (Lipinski definition) is 5. The van der Waals surface area contributed by atoms with Gasteiger partial charge in [-0.3, -0.25) is 14.2 Å². The van der Waals surface area contributed by atoms with Gasteiger partial charge in [-0.05, 0) is 42.3 Å². The monoisotopic (exact) mass is 485 g/mol. The van der Waals surface area contributed by atoms with Crippen LogP contribution in [0.4, 0.5) is 11.4 Å². The summed E-state index contributed by atoms with van der Waals surface area (Å²) in [4.78, 5) is 24.6. The second-order valence-electron chi connectivity index (χ2n) is 8.40. The summed E-state index contributed by atoms with van der Waals surface area (Å²) >= 11 is 1.32. The molecule has 1 aromatic heterocycles. The molecule has 0 atom stereocenters. The highest BCUT2D eigenvalue weighted by Gasteiger charge is 2.17. The molecule has 0 aliphatic carbocycles. The molecule has 7 nitrogen and oxygen atoms in total. The van der Waals surface area contributed by atoms with Crippen molar-refractivity contribution in [2.45, 2.75) is 25.4 Å². The quantitative estimate of drug-likeness (QED) is 0.299. The lowest BCUT2D eigenvalue weighted by molar-refractivity contribution is -0.117. The highest BCUT2D eigenvalue weighted by molar-refractivity contribution is 7.99. The summed E-state index contributed by atoms with van der Waals surface area (Å²) in [5, 5.41) is 15.2. The number of thioether (sulfide) groups is 1. The first-order chi connectivity index (χ1) is 17.0. The van der Waals surface area contributed by atoms with Crippen LogP contribution in [-0.2, 0) is 9.59 Å². The van der Waals surface area contributed by atoms with E-state index in [4.69, 9.17) is 0 Å². The smallest absolute Gasteiger partial charge is 0.234 e. The third-order valence-corrected chi connectivity index (χ3v) is 5.99. The van der Waals surface area contributed by atoms with E-state index < -0.39 is 0 Å². The van der Waals surface area contributed by atoms with Crippen LogP contribution >= 0.6 is 11.8 Å². The summed E-state index contributed by atoms with van der Waals surface area (Å²) in [6.45, 7) is 4.00. The molecule has 0 aliphatic rings. The Morgan fingerprint density at radius 3 is 1.97 bits per heavy atom. The number of rotatable bonds is 9. The maximum absolute atomic E-state index is 12.6. The highest BCUT2D eigenvalue weighted by Crippen LogP contribution is 2.28. The van der Waals surface area contributed by atoms with Crippen LogP contribution in [0.3, 0.4) is 0 Å². The standard InChI is InChI=1S/C27H27N5O2S/c1-19(2)17-24(33)28-21-13-15-22(16-14-21)29-25(34)18-35-27-31-30-26(20-9-5-3-6-10-20)32(27)23-11-7-4-8-12-23/h3-16,19H,17-18H2,1-2H3,(H,28,33)(H,29,34). The minimum absolute atomic E-state index is 0.0226. The third-order valence-electron chi connectivity index (χ3n) is 5.06. The van der Waals surface area contributed by atoms with Gasteiger partial charge < -0.3 is 10.6 Å². The number of hydrogen-bond donors (Lipinski definition) is 2. The minimum atomic E-state index is -0.157. The van der Waals surface area contributed by atoms with Crippen molar-refractivity contribution >= 4 is 35.0 Å². The summed E-state index contributed by atoms with van der Waals surface area (Å²) in [5.41, 5.74) is 3.23. The van der Waals surface area contributed by atoms with Gasteiger partial charge in [0.25, 0.3) is 0 Å². The molecule has 178 valence electrons. The lowest BCUT2D eigenvalue weighted by Crippen LogP contribution is -2.15. The van der Waals surface area contributed by atoms with E-state index in [1.807, 2.05) is 79.1 Å². The summed E-state index contributed by atoms with van der Waals surface area (Å²) in [5.74, 6) is 1.01. The lowest BCUT2D eigenvalue weighted by Gasteiger charge is -2.11. The van der Waals surface area contributed by atoms with E-state index in [0.717, 1.165) is 17.1 Å². The van der Waals surface area contributed by atoms with E-state index in [0.29, 0.717) is 28.9 Å². The van der Waals surface area contributed by atoms with Crippen molar-refractivity contribution in [1.82, 2.24) is 14.8 Å². The summed E-state index contributed by atoms with van der Waals surface area (Å²) < 4.78 is 1.96. The van der Waals surface area contributed by atoms with Crippen LogP contribution in [-0.4, -0.2) is 32.3 Å². The largest absolute Gasteiger partial charge is 0.326 e. The second kappa shape index (κ2) is 11.5.